The zero-order valence-corrected chi connectivity index (χ0v) is 15.9. The number of hydrogen-bond acceptors (Lipinski definition) is 2. The molecule has 0 spiro atoms. The summed E-state index contributed by atoms with van der Waals surface area (Å²) in [5.41, 5.74) is 6.26. The van der Waals surface area contributed by atoms with Crippen molar-refractivity contribution >= 4 is 5.69 Å². The van der Waals surface area contributed by atoms with Crippen LogP contribution in [-0.4, -0.2) is 0 Å². The maximum absolute atomic E-state index is 5.54. The van der Waals surface area contributed by atoms with Crippen LogP contribution in [0.25, 0.3) is 0 Å². The van der Waals surface area contributed by atoms with Crippen molar-refractivity contribution in [3.05, 3.63) is 61.4 Å². The van der Waals surface area contributed by atoms with Crippen molar-refractivity contribution in [3.8, 4) is 5.75 Å². The average molecular weight is 308 g/mol. The Bertz CT molecular complexity index is 350. The summed E-state index contributed by atoms with van der Waals surface area (Å²) in [4.78, 5) is 0. The zero-order chi connectivity index (χ0) is 18.4. The highest BCUT2D eigenvalue weighted by molar-refractivity contribution is 5.42. The first-order chi connectivity index (χ1) is 10.8. The van der Waals surface area contributed by atoms with Crippen LogP contribution < -0.4 is 10.5 Å². The van der Waals surface area contributed by atoms with Gasteiger partial charge in [-0.05, 0) is 36.4 Å². The Kier molecular flexibility index (Phi) is 35.2. The van der Waals surface area contributed by atoms with Gasteiger partial charge in [-0.1, -0.05) is 74.6 Å². The molecule has 0 unspecified atom stereocenters. The first-order valence-corrected chi connectivity index (χ1v) is 8.25. The molecule has 0 aromatic heterocycles. The first-order valence-electron chi connectivity index (χ1n) is 8.25. The number of anilines is 1. The van der Waals surface area contributed by atoms with E-state index in [4.69, 9.17) is 10.5 Å². The predicted molar refractivity (Wildman–Crippen MR) is 105 cm³/mol. The summed E-state index contributed by atoms with van der Waals surface area (Å²) in [6, 6.07) is 7.17. The van der Waals surface area contributed by atoms with Crippen molar-refractivity contribution in [2.45, 2.75) is 55.4 Å². The summed E-state index contributed by atoms with van der Waals surface area (Å²) >= 11 is 0. The molecule has 1 aromatic carbocycles. The van der Waals surface area contributed by atoms with Gasteiger partial charge < -0.3 is 10.5 Å². The van der Waals surface area contributed by atoms with Crippen LogP contribution in [0.3, 0.4) is 0 Å². The predicted octanol–water partition coefficient (Wildman–Crippen LogP) is 7.01. The molecule has 2 nitrogen and oxygen atoms in total. The van der Waals surface area contributed by atoms with Crippen LogP contribution in [-0.2, 0) is 0 Å². The van der Waals surface area contributed by atoms with Crippen LogP contribution in [0.5, 0.6) is 5.75 Å². The number of nitrogen functional groups attached to an aromatic ring is 1. The fourth-order valence-corrected chi connectivity index (χ4v) is 0.932. The van der Waals surface area contributed by atoms with Crippen molar-refractivity contribution < 1.29 is 4.74 Å². The molecular weight excluding hydrogens is 270 g/mol. The largest absolute Gasteiger partial charge is 0.457 e. The molecular formula is C20H37NO. The smallest absolute Gasteiger partial charge is 0.127 e. The van der Waals surface area contributed by atoms with Gasteiger partial charge in [0.2, 0.25) is 0 Å². The van der Waals surface area contributed by atoms with Gasteiger partial charge in [-0.3, -0.25) is 0 Å². The third kappa shape index (κ3) is 18.0. The highest BCUT2D eigenvalue weighted by atomic mass is 16.5. The van der Waals surface area contributed by atoms with E-state index in [0.717, 1.165) is 5.75 Å². The summed E-state index contributed by atoms with van der Waals surface area (Å²) in [6.45, 7) is 23.2. The van der Waals surface area contributed by atoms with Gasteiger partial charge in [0.1, 0.15) is 11.5 Å². The molecule has 128 valence electrons. The first kappa shape index (κ1) is 28.2. The minimum Gasteiger partial charge on any atom is -0.457 e. The molecule has 1 rings (SSSR count). The molecule has 0 saturated heterocycles. The SMILES string of the molecule is C=C/C=C(\C=C)Oc1ccc(N)cc1.CC.CC.CC.CC. The molecule has 2 N–H and O–H groups in total. The van der Waals surface area contributed by atoms with E-state index in [1.165, 1.54) is 0 Å². The zero-order valence-electron chi connectivity index (χ0n) is 15.9. The molecule has 0 aliphatic carbocycles. The molecule has 22 heavy (non-hydrogen) atoms. The van der Waals surface area contributed by atoms with Gasteiger partial charge >= 0.3 is 0 Å². The van der Waals surface area contributed by atoms with E-state index in [-0.39, 0.29) is 0 Å². The van der Waals surface area contributed by atoms with Gasteiger partial charge in [0.15, 0.2) is 0 Å². The third-order valence-electron chi connectivity index (χ3n) is 1.60. The Morgan fingerprint density at radius 2 is 1.27 bits per heavy atom. The topological polar surface area (TPSA) is 35.2 Å². The van der Waals surface area contributed by atoms with Crippen LogP contribution in [0.2, 0.25) is 0 Å². The van der Waals surface area contributed by atoms with Crippen LogP contribution in [0.4, 0.5) is 5.69 Å². The molecule has 0 heterocycles. The summed E-state index contributed by atoms with van der Waals surface area (Å²) < 4.78 is 5.48. The average Bonchev–Trinajstić information content (AvgIpc) is 2.63. The fraction of sp³-hybridized carbons (Fsp3) is 0.400. The van der Waals surface area contributed by atoms with Gasteiger partial charge in [-0.2, -0.15) is 0 Å². The Labute approximate surface area is 139 Å². The Morgan fingerprint density at radius 3 is 1.59 bits per heavy atom. The van der Waals surface area contributed by atoms with Crippen molar-refractivity contribution in [2.24, 2.45) is 0 Å². The highest BCUT2D eigenvalue weighted by Crippen LogP contribution is 2.16. The lowest BCUT2D eigenvalue weighted by Gasteiger charge is -2.05. The monoisotopic (exact) mass is 307 g/mol. The molecule has 0 bridgehead atoms. The number of hydrogen-bond donors (Lipinski definition) is 1. The summed E-state index contributed by atoms with van der Waals surface area (Å²) in [5.74, 6) is 1.39. The molecule has 0 aliphatic heterocycles. The molecule has 0 amide bonds. The minimum atomic E-state index is 0.657. The molecule has 1 aromatic rings. The number of benzene rings is 1. The lowest BCUT2D eigenvalue weighted by molar-refractivity contribution is 0.445. The van der Waals surface area contributed by atoms with Crippen LogP contribution in [0.1, 0.15) is 55.4 Å². The van der Waals surface area contributed by atoms with Crippen LogP contribution in [0.15, 0.2) is 61.4 Å². The lowest BCUT2D eigenvalue weighted by Crippen LogP contribution is -1.91. The van der Waals surface area contributed by atoms with Gasteiger partial charge in [-0.25, -0.2) is 0 Å². The van der Waals surface area contributed by atoms with E-state index in [1.54, 1.807) is 42.5 Å². The van der Waals surface area contributed by atoms with E-state index in [2.05, 4.69) is 13.2 Å². The fourth-order valence-electron chi connectivity index (χ4n) is 0.932. The Balaban J connectivity index is -0.000000175. The number of rotatable bonds is 4. The Morgan fingerprint density at radius 1 is 0.864 bits per heavy atom. The molecule has 0 saturated carbocycles. The second kappa shape index (κ2) is 27.4. The van der Waals surface area contributed by atoms with Gasteiger partial charge in [0.05, 0.1) is 0 Å². The van der Waals surface area contributed by atoms with E-state index in [1.807, 2.05) is 55.4 Å². The van der Waals surface area contributed by atoms with Gasteiger partial charge in [-0.15, -0.1) is 0 Å². The molecule has 0 aliphatic rings. The molecule has 0 radical (unpaired) electrons. The summed E-state index contributed by atoms with van der Waals surface area (Å²) in [7, 11) is 0. The van der Waals surface area contributed by atoms with Crippen LogP contribution in [0, 0.1) is 0 Å². The van der Waals surface area contributed by atoms with Crippen molar-refractivity contribution in [2.75, 3.05) is 5.73 Å². The highest BCUT2D eigenvalue weighted by Gasteiger charge is 1.94. The maximum Gasteiger partial charge on any atom is 0.127 e. The lowest BCUT2D eigenvalue weighted by atomic mass is 10.3. The van der Waals surface area contributed by atoms with Gasteiger partial charge in [0.25, 0.3) is 0 Å². The minimum absolute atomic E-state index is 0.657. The van der Waals surface area contributed by atoms with Gasteiger partial charge in [0, 0.05) is 5.69 Å². The van der Waals surface area contributed by atoms with E-state index in [0.29, 0.717) is 11.4 Å². The molecule has 0 fully saturated rings. The van der Waals surface area contributed by atoms with Crippen molar-refractivity contribution in [1.29, 1.82) is 0 Å². The normalized spacial score (nSPS) is 7.91. The third-order valence-corrected chi connectivity index (χ3v) is 1.60. The molecule has 2 heteroatoms. The summed E-state index contributed by atoms with van der Waals surface area (Å²) in [6.07, 6.45) is 5.01. The second-order valence-electron chi connectivity index (χ2n) is 2.68. The van der Waals surface area contributed by atoms with E-state index < -0.39 is 0 Å². The number of allylic oxidation sites excluding steroid dienone is 3. The maximum atomic E-state index is 5.54. The summed E-state index contributed by atoms with van der Waals surface area (Å²) in [5, 5.41) is 0. The van der Waals surface area contributed by atoms with Crippen molar-refractivity contribution in [1.82, 2.24) is 0 Å². The van der Waals surface area contributed by atoms with E-state index in [9.17, 15) is 0 Å². The second-order valence-corrected chi connectivity index (χ2v) is 2.68. The standard InChI is InChI=1S/C12H13NO.4C2H6/c1-3-5-11(4-2)14-12-8-6-10(13)7-9-12;4*1-2/h3-9H,1-2,13H2;4*1-2H3/b11-5+;;;;. The van der Waals surface area contributed by atoms with E-state index >= 15 is 0 Å². The number of ether oxygens (including phenoxy) is 1. The Hall–Kier alpha value is -1.96. The molecule has 0 atom stereocenters. The van der Waals surface area contributed by atoms with Crippen molar-refractivity contribution in [3.63, 3.8) is 0 Å². The quantitative estimate of drug-likeness (QED) is 0.369. The number of nitrogens with two attached hydrogens (primary N) is 1. The van der Waals surface area contributed by atoms with Crippen LogP contribution >= 0.6 is 0 Å².